The molecule has 2 aromatic rings. The van der Waals surface area contributed by atoms with Crippen molar-refractivity contribution in [2.75, 3.05) is 0 Å². The normalized spacial score (nSPS) is 22.8. The van der Waals surface area contributed by atoms with Crippen LogP contribution in [0.4, 0.5) is 0 Å². The van der Waals surface area contributed by atoms with Gasteiger partial charge in [0.15, 0.2) is 0 Å². The highest BCUT2D eigenvalue weighted by atomic mass is 14.3. The first-order valence-corrected chi connectivity index (χ1v) is 9.48. The van der Waals surface area contributed by atoms with Crippen molar-refractivity contribution in [1.82, 2.24) is 0 Å². The summed E-state index contributed by atoms with van der Waals surface area (Å²) in [5.74, 6) is 1.55. The minimum atomic E-state index is -0.0100. The molecule has 0 aromatic heterocycles. The topological polar surface area (TPSA) is 0 Å². The summed E-state index contributed by atoms with van der Waals surface area (Å²) in [5, 5.41) is 0. The van der Waals surface area contributed by atoms with Gasteiger partial charge in [0, 0.05) is 11.3 Å². The predicted molar refractivity (Wildman–Crippen MR) is 109 cm³/mol. The van der Waals surface area contributed by atoms with E-state index in [9.17, 15) is 0 Å². The van der Waals surface area contributed by atoms with Crippen molar-refractivity contribution in [2.24, 2.45) is 0 Å². The van der Waals surface area contributed by atoms with Gasteiger partial charge in [-0.05, 0) is 41.0 Å². The molecule has 130 valence electrons. The summed E-state index contributed by atoms with van der Waals surface area (Å²) in [5.41, 5.74) is 5.53. The fraction of sp³-hybridized carbons (Fsp3) is 0.360. The van der Waals surface area contributed by atoms with Gasteiger partial charge in [-0.3, -0.25) is 0 Å². The van der Waals surface area contributed by atoms with Crippen LogP contribution in [0.3, 0.4) is 0 Å². The molecule has 0 radical (unpaired) electrons. The SMILES string of the molecule is CC(C)c1ccc(C2C=CC(C)(c3ccc(C(C)C)cc3)C=C2)cc1. The number of rotatable bonds is 4. The van der Waals surface area contributed by atoms with Crippen molar-refractivity contribution in [3.05, 3.63) is 95.1 Å². The van der Waals surface area contributed by atoms with Gasteiger partial charge in [0.2, 0.25) is 0 Å². The molecule has 0 heterocycles. The third kappa shape index (κ3) is 3.79. The van der Waals surface area contributed by atoms with Gasteiger partial charge in [0.05, 0.1) is 0 Å². The maximum atomic E-state index is 2.36. The average molecular weight is 331 g/mol. The van der Waals surface area contributed by atoms with E-state index in [2.05, 4.69) is 107 Å². The standard InChI is InChI=1S/C25H30/c1-18(2)20-6-8-22(9-7-20)23-14-16-25(5,17-15-23)24-12-10-21(11-13-24)19(3)4/h6-19,23H,1-5H3. The lowest BCUT2D eigenvalue weighted by Crippen LogP contribution is -2.19. The first-order chi connectivity index (χ1) is 11.9. The molecule has 0 unspecified atom stereocenters. The average Bonchev–Trinajstić information content (AvgIpc) is 2.62. The highest BCUT2D eigenvalue weighted by Crippen LogP contribution is 2.35. The monoisotopic (exact) mass is 330 g/mol. The highest BCUT2D eigenvalue weighted by Gasteiger charge is 2.24. The number of allylic oxidation sites excluding steroid dienone is 4. The van der Waals surface area contributed by atoms with Crippen LogP contribution in [-0.4, -0.2) is 0 Å². The van der Waals surface area contributed by atoms with Gasteiger partial charge in [-0.25, -0.2) is 0 Å². The quantitative estimate of drug-likeness (QED) is 0.524. The molecule has 25 heavy (non-hydrogen) atoms. The van der Waals surface area contributed by atoms with E-state index in [0.717, 1.165) is 0 Å². The van der Waals surface area contributed by atoms with Crippen molar-refractivity contribution < 1.29 is 0 Å². The maximum Gasteiger partial charge on any atom is 0.0284 e. The van der Waals surface area contributed by atoms with Crippen LogP contribution >= 0.6 is 0 Å². The minimum absolute atomic E-state index is 0.0100. The van der Waals surface area contributed by atoms with Crippen LogP contribution in [0.2, 0.25) is 0 Å². The van der Waals surface area contributed by atoms with Crippen molar-refractivity contribution in [1.29, 1.82) is 0 Å². The lowest BCUT2D eigenvalue weighted by atomic mass is 9.76. The first kappa shape index (κ1) is 17.7. The molecule has 0 aliphatic heterocycles. The summed E-state index contributed by atoms with van der Waals surface area (Å²) in [6.07, 6.45) is 9.41. The summed E-state index contributed by atoms with van der Waals surface area (Å²) in [4.78, 5) is 0. The van der Waals surface area contributed by atoms with E-state index in [-0.39, 0.29) is 5.41 Å². The molecular weight excluding hydrogens is 300 g/mol. The Labute approximate surface area is 153 Å². The van der Waals surface area contributed by atoms with E-state index in [1.165, 1.54) is 22.3 Å². The molecule has 0 atom stereocenters. The zero-order valence-corrected chi connectivity index (χ0v) is 16.2. The Bertz CT molecular complexity index is 741. The molecule has 0 saturated carbocycles. The molecule has 0 amide bonds. The lowest BCUT2D eigenvalue weighted by molar-refractivity contribution is 0.728. The molecule has 0 N–H and O–H groups in total. The molecule has 0 spiro atoms. The van der Waals surface area contributed by atoms with Crippen LogP contribution in [-0.2, 0) is 5.41 Å². The molecule has 0 bridgehead atoms. The minimum Gasteiger partial charge on any atom is -0.0761 e. The van der Waals surface area contributed by atoms with Gasteiger partial charge in [0.25, 0.3) is 0 Å². The van der Waals surface area contributed by atoms with Gasteiger partial charge >= 0.3 is 0 Å². The molecule has 1 aliphatic carbocycles. The smallest absolute Gasteiger partial charge is 0.0284 e. The Balaban J connectivity index is 1.78. The third-order valence-electron chi connectivity index (χ3n) is 5.49. The Hall–Kier alpha value is -2.08. The zero-order chi connectivity index (χ0) is 18.0. The van der Waals surface area contributed by atoms with Crippen LogP contribution in [0, 0.1) is 0 Å². The molecular formula is C25H30. The molecule has 2 aromatic carbocycles. The zero-order valence-electron chi connectivity index (χ0n) is 16.2. The predicted octanol–water partition coefficient (Wildman–Crippen LogP) is 7.10. The van der Waals surface area contributed by atoms with E-state index in [0.29, 0.717) is 17.8 Å². The molecule has 1 aliphatic rings. The van der Waals surface area contributed by atoms with Gasteiger partial charge in [-0.2, -0.15) is 0 Å². The van der Waals surface area contributed by atoms with Gasteiger partial charge in [0.1, 0.15) is 0 Å². The van der Waals surface area contributed by atoms with Crippen LogP contribution in [0.5, 0.6) is 0 Å². The number of benzene rings is 2. The van der Waals surface area contributed by atoms with Crippen molar-refractivity contribution >= 4 is 0 Å². The van der Waals surface area contributed by atoms with Crippen LogP contribution in [0.1, 0.15) is 74.6 Å². The van der Waals surface area contributed by atoms with Crippen molar-refractivity contribution in [3.8, 4) is 0 Å². The highest BCUT2D eigenvalue weighted by molar-refractivity contribution is 5.44. The first-order valence-electron chi connectivity index (χ1n) is 9.48. The fourth-order valence-corrected chi connectivity index (χ4v) is 3.47. The van der Waals surface area contributed by atoms with Gasteiger partial charge < -0.3 is 0 Å². The van der Waals surface area contributed by atoms with E-state index < -0.39 is 0 Å². The fourth-order valence-electron chi connectivity index (χ4n) is 3.47. The van der Waals surface area contributed by atoms with E-state index >= 15 is 0 Å². The maximum absolute atomic E-state index is 2.36. The van der Waals surface area contributed by atoms with Gasteiger partial charge in [-0.15, -0.1) is 0 Å². The molecule has 0 fully saturated rings. The Kier molecular flexibility index (Phi) is 4.99. The number of hydrogen-bond acceptors (Lipinski definition) is 0. The second kappa shape index (κ2) is 7.04. The Morgan fingerprint density at radius 1 is 0.680 bits per heavy atom. The van der Waals surface area contributed by atoms with Crippen molar-refractivity contribution in [3.63, 3.8) is 0 Å². The molecule has 0 nitrogen and oxygen atoms in total. The second-order valence-corrected chi connectivity index (χ2v) is 8.12. The van der Waals surface area contributed by atoms with Crippen LogP contribution < -0.4 is 0 Å². The molecule has 0 saturated heterocycles. The second-order valence-electron chi connectivity index (χ2n) is 8.12. The molecule has 3 rings (SSSR count). The molecule has 0 heteroatoms. The Morgan fingerprint density at radius 2 is 1.12 bits per heavy atom. The van der Waals surface area contributed by atoms with E-state index in [1.54, 1.807) is 0 Å². The number of hydrogen-bond donors (Lipinski definition) is 0. The lowest BCUT2D eigenvalue weighted by Gasteiger charge is -2.28. The summed E-state index contributed by atoms with van der Waals surface area (Å²) >= 11 is 0. The summed E-state index contributed by atoms with van der Waals surface area (Å²) < 4.78 is 0. The van der Waals surface area contributed by atoms with E-state index in [1.807, 2.05) is 0 Å². The van der Waals surface area contributed by atoms with Gasteiger partial charge in [-0.1, -0.05) is 101 Å². The van der Waals surface area contributed by atoms with Crippen LogP contribution in [0.15, 0.2) is 72.8 Å². The summed E-state index contributed by atoms with van der Waals surface area (Å²) in [7, 11) is 0. The van der Waals surface area contributed by atoms with E-state index in [4.69, 9.17) is 0 Å². The summed E-state index contributed by atoms with van der Waals surface area (Å²) in [6.45, 7) is 11.3. The van der Waals surface area contributed by atoms with Crippen molar-refractivity contribution in [2.45, 2.75) is 57.8 Å². The third-order valence-corrected chi connectivity index (χ3v) is 5.49. The van der Waals surface area contributed by atoms with Crippen LogP contribution in [0.25, 0.3) is 0 Å². The largest absolute Gasteiger partial charge is 0.0761 e. The summed E-state index contributed by atoms with van der Waals surface area (Å²) in [6, 6.07) is 18.2. The Morgan fingerprint density at radius 3 is 1.56 bits per heavy atom.